The second-order valence-electron chi connectivity index (χ2n) is 4.43. The number of carbonyl (C=O) groups excluding carboxylic acids is 2. The standard InChI is InChI=1S/C12H20N2O4S/c15-10(8-19-9-12(17)18)13-5-4-11(16)14-6-2-1-3-7-14/h1-9H2,(H,13,15)(H,17,18). The van der Waals surface area contributed by atoms with Crippen LogP contribution < -0.4 is 5.32 Å². The van der Waals surface area contributed by atoms with Crippen molar-refractivity contribution in [3.63, 3.8) is 0 Å². The number of rotatable bonds is 7. The summed E-state index contributed by atoms with van der Waals surface area (Å²) in [5.41, 5.74) is 0. The quantitative estimate of drug-likeness (QED) is 0.704. The lowest BCUT2D eigenvalue weighted by molar-refractivity contribution is -0.134. The number of hydrogen-bond donors (Lipinski definition) is 2. The van der Waals surface area contributed by atoms with Gasteiger partial charge in [0.1, 0.15) is 0 Å². The summed E-state index contributed by atoms with van der Waals surface area (Å²) in [6.07, 6.45) is 3.62. The zero-order chi connectivity index (χ0) is 14.1. The van der Waals surface area contributed by atoms with Crippen LogP contribution in [0.4, 0.5) is 0 Å². The van der Waals surface area contributed by atoms with E-state index in [0.717, 1.165) is 37.7 Å². The zero-order valence-electron chi connectivity index (χ0n) is 10.9. The van der Waals surface area contributed by atoms with Crippen LogP contribution in [0.25, 0.3) is 0 Å². The van der Waals surface area contributed by atoms with Crippen LogP contribution in [0.15, 0.2) is 0 Å². The Morgan fingerprint density at radius 1 is 1.11 bits per heavy atom. The largest absolute Gasteiger partial charge is 0.481 e. The van der Waals surface area contributed by atoms with Gasteiger partial charge in [-0.05, 0) is 19.3 Å². The van der Waals surface area contributed by atoms with Gasteiger partial charge in [-0.15, -0.1) is 11.8 Å². The van der Waals surface area contributed by atoms with E-state index in [1.165, 1.54) is 6.42 Å². The number of nitrogens with zero attached hydrogens (tertiary/aromatic N) is 1. The van der Waals surface area contributed by atoms with E-state index < -0.39 is 5.97 Å². The topological polar surface area (TPSA) is 86.7 Å². The van der Waals surface area contributed by atoms with Crippen molar-refractivity contribution in [3.8, 4) is 0 Å². The summed E-state index contributed by atoms with van der Waals surface area (Å²) < 4.78 is 0. The highest BCUT2D eigenvalue weighted by Crippen LogP contribution is 2.09. The van der Waals surface area contributed by atoms with Crippen molar-refractivity contribution >= 4 is 29.5 Å². The molecule has 19 heavy (non-hydrogen) atoms. The molecule has 6 nitrogen and oxygen atoms in total. The molecule has 0 saturated carbocycles. The van der Waals surface area contributed by atoms with Gasteiger partial charge >= 0.3 is 5.97 Å². The monoisotopic (exact) mass is 288 g/mol. The number of aliphatic carboxylic acids is 1. The molecule has 108 valence electrons. The Bertz CT molecular complexity index is 330. The number of amides is 2. The van der Waals surface area contributed by atoms with E-state index in [1.807, 2.05) is 4.90 Å². The summed E-state index contributed by atoms with van der Waals surface area (Å²) in [4.78, 5) is 35.2. The van der Waals surface area contributed by atoms with E-state index in [1.54, 1.807) is 0 Å². The molecule has 1 fully saturated rings. The minimum atomic E-state index is -0.932. The van der Waals surface area contributed by atoms with Crippen molar-refractivity contribution in [2.75, 3.05) is 31.1 Å². The molecule has 0 aromatic heterocycles. The predicted molar refractivity (Wildman–Crippen MR) is 73.0 cm³/mol. The van der Waals surface area contributed by atoms with Gasteiger partial charge in [-0.2, -0.15) is 0 Å². The van der Waals surface area contributed by atoms with Gasteiger partial charge in [0.15, 0.2) is 0 Å². The van der Waals surface area contributed by atoms with Gasteiger partial charge in [-0.3, -0.25) is 14.4 Å². The molecule has 0 bridgehead atoms. The SMILES string of the molecule is O=C(O)CSCC(=O)NCCC(=O)N1CCCCC1. The Morgan fingerprint density at radius 3 is 2.42 bits per heavy atom. The molecule has 0 aromatic carbocycles. The van der Waals surface area contributed by atoms with Gasteiger partial charge in [0, 0.05) is 26.1 Å². The van der Waals surface area contributed by atoms with Crippen molar-refractivity contribution in [1.29, 1.82) is 0 Å². The number of piperidine rings is 1. The fourth-order valence-electron chi connectivity index (χ4n) is 1.89. The molecule has 1 saturated heterocycles. The lowest BCUT2D eigenvalue weighted by Crippen LogP contribution is -2.38. The molecule has 0 spiro atoms. The number of carbonyl (C=O) groups is 3. The van der Waals surface area contributed by atoms with Crippen molar-refractivity contribution in [1.82, 2.24) is 10.2 Å². The Hall–Kier alpha value is -1.24. The highest BCUT2D eigenvalue weighted by Gasteiger charge is 2.16. The summed E-state index contributed by atoms with van der Waals surface area (Å²) >= 11 is 1.05. The maximum atomic E-state index is 11.8. The molecule has 1 heterocycles. The molecular weight excluding hydrogens is 268 g/mol. The van der Waals surface area contributed by atoms with Crippen LogP contribution in [-0.2, 0) is 14.4 Å². The van der Waals surface area contributed by atoms with Gasteiger partial charge < -0.3 is 15.3 Å². The Kier molecular flexibility index (Phi) is 7.32. The normalized spacial score (nSPS) is 15.1. The Balaban J connectivity index is 2.06. The fourth-order valence-corrected chi connectivity index (χ4v) is 2.46. The number of carboxylic acid groups (broad SMARTS) is 1. The third-order valence-corrected chi connectivity index (χ3v) is 3.75. The number of nitrogens with one attached hydrogen (secondary N) is 1. The van der Waals surface area contributed by atoms with Crippen LogP contribution in [0.5, 0.6) is 0 Å². The van der Waals surface area contributed by atoms with E-state index in [2.05, 4.69) is 5.32 Å². The minimum Gasteiger partial charge on any atom is -0.481 e. The molecule has 7 heteroatoms. The summed E-state index contributed by atoms with van der Waals surface area (Å²) in [5, 5.41) is 11.0. The first-order valence-electron chi connectivity index (χ1n) is 6.43. The zero-order valence-corrected chi connectivity index (χ0v) is 11.7. The van der Waals surface area contributed by atoms with Crippen LogP contribution in [0, 0.1) is 0 Å². The first kappa shape index (κ1) is 15.8. The second-order valence-corrected chi connectivity index (χ2v) is 5.41. The van der Waals surface area contributed by atoms with Gasteiger partial charge in [0.2, 0.25) is 11.8 Å². The first-order valence-corrected chi connectivity index (χ1v) is 7.59. The minimum absolute atomic E-state index is 0.0817. The van der Waals surface area contributed by atoms with Gasteiger partial charge in [-0.25, -0.2) is 0 Å². The van der Waals surface area contributed by atoms with Crippen molar-refractivity contribution in [2.45, 2.75) is 25.7 Å². The third-order valence-electron chi connectivity index (χ3n) is 2.83. The average Bonchev–Trinajstić information content (AvgIpc) is 2.39. The highest BCUT2D eigenvalue weighted by molar-refractivity contribution is 8.00. The van der Waals surface area contributed by atoms with Gasteiger partial charge in [0.05, 0.1) is 11.5 Å². The molecule has 0 atom stereocenters. The molecule has 0 unspecified atom stereocenters. The lowest BCUT2D eigenvalue weighted by Gasteiger charge is -2.26. The van der Waals surface area contributed by atoms with Crippen molar-refractivity contribution in [2.24, 2.45) is 0 Å². The lowest BCUT2D eigenvalue weighted by atomic mass is 10.1. The van der Waals surface area contributed by atoms with E-state index in [4.69, 9.17) is 5.11 Å². The summed E-state index contributed by atoms with van der Waals surface area (Å²) in [6.45, 7) is 1.96. The predicted octanol–water partition coefficient (Wildman–Crippen LogP) is 0.323. The maximum Gasteiger partial charge on any atom is 0.313 e. The van der Waals surface area contributed by atoms with Crippen LogP contribution in [0.2, 0.25) is 0 Å². The molecule has 0 aliphatic carbocycles. The average molecular weight is 288 g/mol. The molecule has 1 rings (SSSR count). The van der Waals surface area contributed by atoms with Gasteiger partial charge in [0.25, 0.3) is 0 Å². The van der Waals surface area contributed by atoms with Crippen LogP contribution in [0.1, 0.15) is 25.7 Å². The summed E-state index contributed by atoms with van der Waals surface area (Å²) in [5.74, 6) is -1.04. The maximum absolute atomic E-state index is 11.8. The molecule has 2 N–H and O–H groups in total. The smallest absolute Gasteiger partial charge is 0.313 e. The molecule has 0 aromatic rings. The Morgan fingerprint density at radius 2 is 1.79 bits per heavy atom. The van der Waals surface area contributed by atoms with Crippen molar-refractivity contribution in [3.05, 3.63) is 0 Å². The molecule has 0 radical (unpaired) electrons. The second kappa shape index (κ2) is 8.79. The highest BCUT2D eigenvalue weighted by atomic mass is 32.2. The number of carboxylic acids is 1. The van der Waals surface area contributed by atoms with E-state index >= 15 is 0 Å². The molecule has 2 amide bonds. The van der Waals surface area contributed by atoms with Crippen molar-refractivity contribution < 1.29 is 19.5 Å². The number of thioether (sulfide) groups is 1. The summed E-state index contributed by atoms with van der Waals surface area (Å²) in [7, 11) is 0. The van der Waals surface area contributed by atoms with Crippen LogP contribution in [-0.4, -0.2) is 58.9 Å². The number of hydrogen-bond acceptors (Lipinski definition) is 4. The van der Waals surface area contributed by atoms with E-state index in [-0.39, 0.29) is 23.3 Å². The molecule has 1 aliphatic rings. The Labute approximate surface area is 116 Å². The van der Waals surface area contributed by atoms with E-state index in [9.17, 15) is 14.4 Å². The van der Waals surface area contributed by atoms with Crippen LogP contribution in [0.3, 0.4) is 0 Å². The molecule has 1 aliphatic heterocycles. The number of likely N-dealkylation sites (tertiary alicyclic amines) is 1. The van der Waals surface area contributed by atoms with E-state index in [0.29, 0.717) is 13.0 Å². The molecular formula is C12H20N2O4S. The first-order chi connectivity index (χ1) is 9.09. The van der Waals surface area contributed by atoms with Gasteiger partial charge in [-0.1, -0.05) is 0 Å². The summed E-state index contributed by atoms with van der Waals surface area (Å²) in [6, 6.07) is 0. The third kappa shape index (κ3) is 7.05. The van der Waals surface area contributed by atoms with Crippen LogP contribution >= 0.6 is 11.8 Å². The fraction of sp³-hybridized carbons (Fsp3) is 0.750.